The van der Waals surface area contributed by atoms with Crippen molar-refractivity contribution in [3.05, 3.63) is 81.5 Å². The van der Waals surface area contributed by atoms with Crippen molar-refractivity contribution in [1.82, 2.24) is 9.80 Å². The molecule has 1 aliphatic carbocycles. The van der Waals surface area contributed by atoms with Crippen LogP contribution in [0.4, 0.5) is 0 Å². The molecule has 2 amide bonds. The van der Waals surface area contributed by atoms with Crippen molar-refractivity contribution in [1.29, 1.82) is 0 Å². The number of amides is 2. The van der Waals surface area contributed by atoms with Gasteiger partial charge in [0.15, 0.2) is 11.5 Å². The molecule has 6 nitrogen and oxygen atoms in total. The molecule has 2 atom stereocenters. The van der Waals surface area contributed by atoms with Gasteiger partial charge in [0, 0.05) is 23.9 Å². The molecule has 0 spiro atoms. The Balaban J connectivity index is 1.48. The number of hydrogen-bond acceptors (Lipinski definition) is 5. The second-order valence-corrected chi connectivity index (χ2v) is 11.8. The summed E-state index contributed by atoms with van der Waals surface area (Å²) in [5.74, 6) is 1.91. The average molecular weight is 549 g/mol. The van der Waals surface area contributed by atoms with Crippen LogP contribution < -0.4 is 9.47 Å². The Morgan fingerprint density at radius 3 is 2.38 bits per heavy atom. The van der Waals surface area contributed by atoms with E-state index in [0.717, 1.165) is 12.0 Å². The molecule has 3 aromatic rings. The predicted octanol–water partition coefficient (Wildman–Crippen LogP) is 5.93. The van der Waals surface area contributed by atoms with E-state index >= 15 is 0 Å². The van der Waals surface area contributed by atoms with Crippen LogP contribution in [0, 0.1) is 18.8 Å². The van der Waals surface area contributed by atoms with Crippen molar-refractivity contribution in [2.75, 3.05) is 33.9 Å². The zero-order valence-electron chi connectivity index (χ0n) is 23.7. The molecule has 0 bridgehead atoms. The number of methoxy groups -OCH3 is 2. The Morgan fingerprint density at radius 2 is 1.74 bits per heavy atom. The monoisotopic (exact) mass is 548 g/mol. The van der Waals surface area contributed by atoms with Gasteiger partial charge in [-0.2, -0.15) is 0 Å². The van der Waals surface area contributed by atoms with Crippen LogP contribution in [0.25, 0.3) is 0 Å². The number of carbonyl (C=O) groups excluding carboxylic acids is 2. The normalized spacial score (nSPS) is 16.2. The molecular formula is C32H40N2O4S. The lowest BCUT2D eigenvalue weighted by Crippen LogP contribution is -2.45. The van der Waals surface area contributed by atoms with Crippen LogP contribution in [0.2, 0.25) is 0 Å². The lowest BCUT2D eigenvalue weighted by atomic mass is 10.1. The number of rotatable bonds is 13. The summed E-state index contributed by atoms with van der Waals surface area (Å²) >= 11 is 1.67. The highest BCUT2D eigenvalue weighted by atomic mass is 32.1. The van der Waals surface area contributed by atoms with E-state index in [0.29, 0.717) is 37.6 Å². The third-order valence-electron chi connectivity index (χ3n) is 7.33. The number of benzene rings is 2. The molecule has 7 heteroatoms. The Labute approximate surface area is 236 Å². The second kappa shape index (κ2) is 13.2. The van der Waals surface area contributed by atoms with Gasteiger partial charge < -0.3 is 19.3 Å². The lowest BCUT2D eigenvalue weighted by molar-refractivity contribution is -0.142. The van der Waals surface area contributed by atoms with Gasteiger partial charge in [-0.25, -0.2) is 0 Å². The first-order valence-corrected chi connectivity index (χ1v) is 14.5. The van der Waals surface area contributed by atoms with Crippen molar-refractivity contribution < 1.29 is 19.1 Å². The SMILES string of the molecule is COc1ccc(CCN(Cc2sccc2C)C(=O)CN(CC(C)C)C(=O)C2CC2c2ccccc2)cc1OC. The van der Waals surface area contributed by atoms with E-state index in [1.54, 1.807) is 30.5 Å². The summed E-state index contributed by atoms with van der Waals surface area (Å²) in [6.07, 6.45) is 1.52. The van der Waals surface area contributed by atoms with Crippen molar-refractivity contribution in [3.63, 3.8) is 0 Å². The summed E-state index contributed by atoms with van der Waals surface area (Å²) in [7, 11) is 3.24. The second-order valence-electron chi connectivity index (χ2n) is 10.8. The average Bonchev–Trinajstić information content (AvgIpc) is 3.64. The molecule has 2 unspecified atom stereocenters. The summed E-state index contributed by atoms with van der Waals surface area (Å²) in [5, 5.41) is 2.06. The molecule has 39 heavy (non-hydrogen) atoms. The van der Waals surface area contributed by atoms with E-state index in [4.69, 9.17) is 9.47 Å². The summed E-state index contributed by atoms with van der Waals surface area (Å²) in [6, 6.07) is 18.2. The first-order chi connectivity index (χ1) is 18.8. The minimum Gasteiger partial charge on any atom is -0.493 e. The van der Waals surface area contributed by atoms with Gasteiger partial charge >= 0.3 is 0 Å². The van der Waals surface area contributed by atoms with Crippen molar-refractivity contribution >= 4 is 23.2 Å². The number of nitrogens with zero attached hydrogens (tertiary/aromatic N) is 2. The summed E-state index contributed by atoms with van der Waals surface area (Å²) < 4.78 is 10.8. The fourth-order valence-electron chi connectivity index (χ4n) is 5.04. The van der Waals surface area contributed by atoms with Gasteiger partial charge in [-0.3, -0.25) is 9.59 Å². The van der Waals surface area contributed by atoms with Crippen LogP contribution >= 0.6 is 11.3 Å². The van der Waals surface area contributed by atoms with Crippen LogP contribution in [0.3, 0.4) is 0 Å². The molecule has 1 aliphatic rings. The molecule has 0 N–H and O–H groups in total. The maximum absolute atomic E-state index is 13.8. The largest absolute Gasteiger partial charge is 0.493 e. The van der Waals surface area contributed by atoms with Gasteiger partial charge in [0.2, 0.25) is 11.8 Å². The van der Waals surface area contributed by atoms with Crippen LogP contribution in [-0.4, -0.2) is 55.5 Å². The summed E-state index contributed by atoms with van der Waals surface area (Å²) in [5.41, 5.74) is 3.45. The van der Waals surface area contributed by atoms with Crippen LogP contribution in [0.5, 0.6) is 11.5 Å². The van der Waals surface area contributed by atoms with E-state index in [9.17, 15) is 9.59 Å². The first-order valence-electron chi connectivity index (χ1n) is 13.7. The zero-order valence-corrected chi connectivity index (χ0v) is 24.5. The highest BCUT2D eigenvalue weighted by Crippen LogP contribution is 2.48. The molecule has 1 fully saturated rings. The molecule has 0 saturated heterocycles. The van der Waals surface area contributed by atoms with Crippen molar-refractivity contribution in [2.45, 2.75) is 46.1 Å². The fraction of sp³-hybridized carbons (Fsp3) is 0.438. The highest BCUT2D eigenvalue weighted by molar-refractivity contribution is 7.10. The molecule has 208 valence electrons. The number of ether oxygens (including phenoxy) is 2. The Kier molecular flexibility index (Phi) is 9.68. The van der Waals surface area contributed by atoms with Gasteiger partial charge in [-0.15, -0.1) is 11.3 Å². The Hall–Kier alpha value is -3.32. The highest BCUT2D eigenvalue weighted by Gasteiger charge is 2.46. The van der Waals surface area contributed by atoms with Crippen LogP contribution in [0.15, 0.2) is 60.0 Å². The quantitative estimate of drug-likeness (QED) is 0.266. The fourth-order valence-corrected chi connectivity index (χ4v) is 5.96. The van der Waals surface area contributed by atoms with E-state index in [1.165, 1.54) is 16.0 Å². The van der Waals surface area contributed by atoms with E-state index in [2.05, 4.69) is 44.4 Å². The molecule has 0 radical (unpaired) electrons. The number of carbonyl (C=O) groups is 2. The van der Waals surface area contributed by atoms with Gasteiger partial charge in [0.05, 0.1) is 27.3 Å². The molecule has 2 aromatic carbocycles. The summed E-state index contributed by atoms with van der Waals surface area (Å²) in [4.78, 5) is 32.3. The number of thiophene rings is 1. The van der Waals surface area contributed by atoms with Gasteiger partial charge in [0.25, 0.3) is 0 Å². The van der Waals surface area contributed by atoms with Gasteiger partial charge in [0.1, 0.15) is 0 Å². The van der Waals surface area contributed by atoms with Crippen LogP contribution in [0.1, 0.15) is 47.8 Å². The Bertz CT molecular complexity index is 1260. The minimum absolute atomic E-state index is 0.0193. The van der Waals surface area contributed by atoms with Gasteiger partial charge in [-0.05, 0) is 71.9 Å². The minimum atomic E-state index is -0.0429. The number of aryl methyl sites for hydroxylation is 1. The first kappa shape index (κ1) is 28.7. The Morgan fingerprint density at radius 1 is 1.00 bits per heavy atom. The van der Waals surface area contributed by atoms with Gasteiger partial charge in [-0.1, -0.05) is 50.2 Å². The van der Waals surface area contributed by atoms with E-state index < -0.39 is 0 Å². The summed E-state index contributed by atoms with van der Waals surface area (Å²) in [6.45, 7) is 8.02. The van der Waals surface area contributed by atoms with Crippen molar-refractivity contribution in [2.24, 2.45) is 11.8 Å². The van der Waals surface area contributed by atoms with Crippen LogP contribution in [-0.2, 0) is 22.6 Å². The zero-order chi connectivity index (χ0) is 27.9. The van der Waals surface area contributed by atoms with Crippen molar-refractivity contribution in [3.8, 4) is 11.5 Å². The molecule has 1 heterocycles. The van der Waals surface area contributed by atoms with E-state index in [1.807, 2.05) is 41.3 Å². The molecule has 4 rings (SSSR count). The lowest BCUT2D eigenvalue weighted by Gasteiger charge is -2.29. The predicted molar refractivity (Wildman–Crippen MR) is 156 cm³/mol. The molecule has 1 saturated carbocycles. The topological polar surface area (TPSA) is 59.1 Å². The maximum atomic E-state index is 13.8. The third-order valence-corrected chi connectivity index (χ3v) is 8.34. The third kappa shape index (κ3) is 7.41. The number of hydrogen-bond donors (Lipinski definition) is 0. The molecule has 0 aliphatic heterocycles. The maximum Gasteiger partial charge on any atom is 0.242 e. The van der Waals surface area contributed by atoms with E-state index in [-0.39, 0.29) is 36.1 Å². The molecular weight excluding hydrogens is 508 g/mol. The molecule has 1 aromatic heterocycles. The standard InChI is InChI=1S/C32H40N2O4S/c1-22(2)19-34(32(36)27-18-26(27)25-9-7-6-8-10-25)21-31(35)33(20-30-23(3)14-16-39-30)15-13-24-11-12-28(37-4)29(17-24)38-5/h6-12,14,16-17,22,26-27H,13,15,18-21H2,1-5H3. The smallest absolute Gasteiger partial charge is 0.242 e.